The smallest absolute Gasteiger partial charge is 0.233 e. The molecule has 0 radical (unpaired) electrons. The molecule has 0 N–H and O–H groups in total. The van der Waals surface area contributed by atoms with Crippen LogP contribution in [-0.4, -0.2) is 44.4 Å². The van der Waals surface area contributed by atoms with E-state index in [0.717, 1.165) is 41.9 Å². The number of carbonyl (C=O) groups is 1. The summed E-state index contributed by atoms with van der Waals surface area (Å²) in [5, 5.41) is 11.5. The van der Waals surface area contributed by atoms with Gasteiger partial charge in [-0.05, 0) is 37.1 Å². The molecule has 5 nitrogen and oxygen atoms in total. The van der Waals surface area contributed by atoms with Crippen LogP contribution in [-0.2, 0) is 11.3 Å². The Morgan fingerprint density at radius 2 is 2.35 bits per heavy atom. The highest BCUT2D eigenvalue weighted by Crippen LogP contribution is 2.27. The molecule has 2 aromatic heterocycles. The van der Waals surface area contributed by atoms with Crippen molar-refractivity contribution in [3.05, 3.63) is 17.5 Å². The fourth-order valence-corrected chi connectivity index (χ4v) is 4.52. The third-order valence-corrected chi connectivity index (χ3v) is 5.93. The maximum Gasteiger partial charge on any atom is 0.233 e. The van der Waals surface area contributed by atoms with Gasteiger partial charge in [-0.25, -0.2) is 0 Å². The molecule has 1 fully saturated rings. The molecule has 0 aliphatic carbocycles. The van der Waals surface area contributed by atoms with Crippen LogP contribution in [0.4, 0.5) is 0 Å². The first-order chi connectivity index (χ1) is 11.2. The maximum absolute atomic E-state index is 12.4. The highest BCUT2D eigenvalue weighted by atomic mass is 32.2. The fraction of sp³-hybridized carbons (Fsp3) is 0.562. The van der Waals surface area contributed by atoms with Gasteiger partial charge in [0.15, 0.2) is 11.0 Å². The van der Waals surface area contributed by atoms with Gasteiger partial charge >= 0.3 is 0 Å². The Morgan fingerprint density at radius 3 is 3.04 bits per heavy atom. The van der Waals surface area contributed by atoms with Crippen LogP contribution in [0, 0.1) is 5.92 Å². The van der Waals surface area contributed by atoms with Crippen molar-refractivity contribution in [1.82, 2.24) is 19.7 Å². The summed E-state index contributed by atoms with van der Waals surface area (Å²) in [6.07, 6.45) is 2.34. The number of amides is 1. The first-order valence-corrected chi connectivity index (χ1v) is 9.93. The highest BCUT2D eigenvalue weighted by molar-refractivity contribution is 7.99. The lowest BCUT2D eigenvalue weighted by Crippen LogP contribution is -2.40. The molecule has 0 saturated carbocycles. The average molecular weight is 351 g/mol. The fourth-order valence-electron chi connectivity index (χ4n) is 2.90. The summed E-state index contributed by atoms with van der Waals surface area (Å²) >= 11 is 3.15. The number of piperidine rings is 1. The lowest BCUT2D eigenvalue weighted by atomic mass is 10.0. The monoisotopic (exact) mass is 350 g/mol. The first kappa shape index (κ1) is 16.5. The molecule has 0 aromatic carbocycles. The maximum atomic E-state index is 12.4. The van der Waals surface area contributed by atoms with Gasteiger partial charge < -0.3 is 9.47 Å². The zero-order valence-corrected chi connectivity index (χ0v) is 15.2. The Labute approximate surface area is 145 Å². The third kappa shape index (κ3) is 3.77. The van der Waals surface area contributed by atoms with Crippen LogP contribution in [0.5, 0.6) is 0 Å². The van der Waals surface area contributed by atoms with Crippen LogP contribution in [0.25, 0.3) is 10.7 Å². The number of hydrogen-bond acceptors (Lipinski definition) is 5. The normalized spacial score (nSPS) is 18.3. The van der Waals surface area contributed by atoms with E-state index in [0.29, 0.717) is 11.7 Å². The Hall–Kier alpha value is -1.34. The lowest BCUT2D eigenvalue weighted by Gasteiger charge is -2.30. The number of carbonyl (C=O) groups excluding carboxylic acids is 1. The van der Waals surface area contributed by atoms with E-state index in [1.807, 2.05) is 16.3 Å². The number of nitrogens with zero attached hydrogens (tertiary/aromatic N) is 4. The van der Waals surface area contributed by atoms with E-state index < -0.39 is 0 Å². The van der Waals surface area contributed by atoms with Gasteiger partial charge in [0.2, 0.25) is 5.91 Å². The van der Waals surface area contributed by atoms with E-state index in [1.54, 1.807) is 11.3 Å². The predicted octanol–water partition coefficient (Wildman–Crippen LogP) is 3.38. The number of rotatable bonds is 5. The van der Waals surface area contributed by atoms with Crippen molar-refractivity contribution >= 4 is 29.0 Å². The van der Waals surface area contributed by atoms with Crippen molar-refractivity contribution in [2.24, 2.45) is 5.92 Å². The van der Waals surface area contributed by atoms with Crippen molar-refractivity contribution in [1.29, 1.82) is 0 Å². The second-order valence-corrected chi connectivity index (χ2v) is 7.79. The summed E-state index contributed by atoms with van der Waals surface area (Å²) < 4.78 is 2.09. The molecule has 1 aliphatic rings. The molecule has 1 atom stereocenters. The van der Waals surface area contributed by atoms with Crippen molar-refractivity contribution < 1.29 is 4.79 Å². The van der Waals surface area contributed by atoms with E-state index in [9.17, 15) is 4.79 Å². The first-order valence-electron chi connectivity index (χ1n) is 8.06. The van der Waals surface area contributed by atoms with Crippen LogP contribution in [0.3, 0.4) is 0 Å². The van der Waals surface area contributed by atoms with Crippen molar-refractivity contribution in [3.8, 4) is 10.7 Å². The number of aromatic nitrogens is 3. The highest BCUT2D eigenvalue weighted by Gasteiger charge is 2.22. The molecule has 23 heavy (non-hydrogen) atoms. The van der Waals surface area contributed by atoms with Crippen LogP contribution in [0.15, 0.2) is 22.7 Å². The van der Waals surface area contributed by atoms with Crippen LogP contribution in [0.2, 0.25) is 0 Å². The molecule has 7 heteroatoms. The van der Waals surface area contributed by atoms with E-state index >= 15 is 0 Å². The number of thioether (sulfide) groups is 1. The van der Waals surface area contributed by atoms with Crippen molar-refractivity contribution in [2.45, 2.75) is 38.4 Å². The summed E-state index contributed by atoms with van der Waals surface area (Å²) in [5.74, 6) is 2.16. The summed E-state index contributed by atoms with van der Waals surface area (Å²) in [4.78, 5) is 15.5. The van der Waals surface area contributed by atoms with E-state index in [-0.39, 0.29) is 5.91 Å². The Kier molecular flexibility index (Phi) is 5.38. The summed E-state index contributed by atoms with van der Waals surface area (Å²) in [6.45, 7) is 6.88. The molecule has 124 valence electrons. The number of hydrogen-bond donors (Lipinski definition) is 0. The van der Waals surface area contributed by atoms with Crippen molar-refractivity contribution in [2.75, 3.05) is 18.8 Å². The molecular weight excluding hydrogens is 328 g/mol. The SMILES string of the molecule is CCn1c(SCC(=O)N2CCC[C@H](C)C2)nnc1-c1cccs1. The Morgan fingerprint density at radius 1 is 1.48 bits per heavy atom. The zero-order valence-electron chi connectivity index (χ0n) is 13.6. The van der Waals surface area contributed by atoms with E-state index in [4.69, 9.17) is 0 Å². The summed E-state index contributed by atoms with van der Waals surface area (Å²) in [6, 6.07) is 4.07. The van der Waals surface area contributed by atoms with Gasteiger partial charge in [0, 0.05) is 19.6 Å². The molecule has 3 rings (SSSR count). The van der Waals surface area contributed by atoms with Gasteiger partial charge in [-0.3, -0.25) is 4.79 Å². The molecule has 1 saturated heterocycles. The number of thiophene rings is 1. The predicted molar refractivity (Wildman–Crippen MR) is 94.7 cm³/mol. The molecule has 1 aliphatic heterocycles. The van der Waals surface area contributed by atoms with E-state index in [2.05, 4.69) is 34.7 Å². The minimum absolute atomic E-state index is 0.213. The van der Waals surface area contributed by atoms with Crippen LogP contribution < -0.4 is 0 Å². The third-order valence-electron chi connectivity index (χ3n) is 4.11. The summed E-state index contributed by atoms with van der Waals surface area (Å²) in [5.41, 5.74) is 0. The minimum Gasteiger partial charge on any atom is -0.342 e. The molecular formula is C16H22N4OS2. The van der Waals surface area contributed by atoms with Gasteiger partial charge in [-0.2, -0.15) is 0 Å². The van der Waals surface area contributed by atoms with Gasteiger partial charge in [-0.15, -0.1) is 21.5 Å². The van der Waals surface area contributed by atoms with E-state index in [1.165, 1.54) is 18.2 Å². The molecule has 2 aromatic rings. The molecule has 3 heterocycles. The standard InChI is InChI=1S/C16H22N4OS2/c1-3-20-15(13-7-5-9-22-13)17-18-16(20)23-11-14(21)19-8-4-6-12(2)10-19/h5,7,9,12H,3-4,6,8,10-11H2,1-2H3/t12-/m0/s1. The largest absolute Gasteiger partial charge is 0.342 e. The zero-order chi connectivity index (χ0) is 16.2. The average Bonchev–Trinajstić information content (AvgIpc) is 3.21. The second kappa shape index (κ2) is 7.49. The van der Waals surface area contributed by atoms with Gasteiger partial charge in [0.25, 0.3) is 0 Å². The van der Waals surface area contributed by atoms with Gasteiger partial charge in [0.1, 0.15) is 0 Å². The van der Waals surface area contributed by atoms with Crippen molar-refractivity contribution in [3.63, 3.8) is 0 Å². The van der Waals surface area contributed by atoms with Crippen LogP contribution in [0.1, 0.15) is 26.7 Å². The van der Waals surface area contributed by atoms with Gasteiger partial charge in [0.05, 0.1) is 10.6 Å². The molecule has 1 amide bonds. The summed E-state index contributed by atoms with van der Waals surface area (Å²) in [7, 11) is 0. The Balaban J connectivity index is 1.65. The minimum atomic E-state index is 0.213. The molecule has 0 spiro atoms. The topological polar surface area (TPSA) is 51.0 Å². The van der Waals surface area contributed by atoms with Gasteiger partial charge in [-0.1, -0.05) is 24.8 Å². The lowest BCUT2D eigenvalue weighted by molar-refractivity contribution is -0.130. The Bertz CT molecular complexity index is 653. The number of likely N-dealkylation sites (tertiary alicyclic amines) is 1. The second-order valence-electron chi connectivity index (χ2n) is 5.90. The quantitative estimate of drug-likeness (QED) is 0.776. The van der Waals surface area contributed by atoms with Crippen LogP contribution >= 0.6 is 23.1 Å². The molecule has 0 bridgehead atoms. The molecule has 0 unspecified atom stereocenters.